The molecule has 0 aliphatic heterocycles. The second-order valence-corrected chi connectivity index (χ2v) is 6.41. The van der Waals surface area contributed by atoms with E-state index in [4.69, 9.17) is 9.47 Å². The topological polar surface area (TPSA) is 57.5 Å². The van der Waals surface area contributed by atoms with Gasteiger partial charge in [-0.25, -0.2) is 0 Å². The Hall–Kier alpha value is -3.29. The highest BCUT2D eigenvalue weighted by molar-refractivity contribution is 6.17. The van der Waals surface area contributed by atoms with Gasteiger partial charge in [0.15, 0.2) is 5.78 Å². The average Bonchev–Trinajstić information content (AvgIpc) is 2.97. The van der Waals surface area contributed by atoms with E-state index in [1.165, 1.54) is 14.2 Å². The third kappa shape index (κ3) is 3.83. The number of aromatic nitrogens is 1. The highest BCUT2D eigenvalue weighted by Crippen LogP contribution is 2.33. The van der Waals surface area contributed by atoms with Crippen molar-refractivity contribution in [3.8, 4) is 5.75 Å². The molecule has 0 saturated carbocycles. The largest absolute Gasteiger partial charge is 0.497 e. The predicted molar refractivity (Wildman–Crippen MR) is 100 cm³/mol. The van der Waals surface area contributed by atoms with Crippen molar-refractivity contribution in [2.75, 3.05) is 14.2 Å². The second-order valence-electron chi connectivity index (χ2n) is 6.41. The lowest BCUT2D eigenvalue weighted by Gasteiger charge is -2.08. The maximum Gasteiger partial charge on any atom is 0.416 e. The summed E-state index contributed by atoms with van der Waals surface area (Å²) >= 11 is 0. The number of rotatable bonds is 5. The number of benzene rings is 2. The number of ketones is 1. The number of esters is 1. The van der Waals surface area contributed by atoms with Crippen LogP contribution in [0.25, 0.3) is 10.9 Å². The van der Waals surface area contributed by atoms with Gasteiger partial charge in [0.05, 0.1) is 30.9 Å². The van der Waals surface area contributed by atoms with Gasteiger partial charge in [0, 0.05) is 22.7 Å². The lowest BCUT2D eigenvalue weighted by atomic mass is 9.99. The molecular weight excluding hydrogens is 387 g/mol. The zero-order valence-corrected chi connectivity index (χ0v) is 16.0. The summed E-state index contributed by atoms with van der Waals surface area (Å²) in [6.45, 7) is 1.55. The number of methoxy groups -OCH3 is 2. The minimum atomic E-state index is -4.48. The second kappa shape index (κ2) is 7.62. The lowest BCUT2D eigenvalue weighted by Crippen LogP contribution is -2.13. The molecule has 0 bridgehead atoms. The van der Waals surface area contributed by atoms with E-state index in [-0.39, 0.29) is 12.1 Å². The minimum Gasteiger partial charge on any atom is -0.497 e. The van der Waals surface area contributed by atoms with Crippen LogP contribution in [-0.2, 0) is 22.3 Å². The Labute approximate surface area is 164 Å². The average molecular weight is 405 g/mol. The molecule has 0 fully saturated rings. The summed E-state index contributed by atoms with van der Waals surface area (Å²) in [6.07, 6.45) is -4.48. The first-order chi connectivity index (χ1) is 13.7. The van der Waals surface area contributed by atoms with Crippen molar-refractivity contribution in [1.29, 1.82) is 0 Å². The summed E-state index contributed by atoms with van der Waals surface area (Å²) in [5, 5.41) is 0.567. The number of carbonyl (C=O) groups is 2. The number of carbonyl (C=O) groups excluding carboxylic acids is 2. The Morgan fingerprint density at radius 3 is 2.24 bits per heavy atom. The summed E-state index contributed by atoms with van der Waals surface area (Å²) < 4.78 is 50.0. The molecule has 0 saturated heterocycles. The fourth-order valence-electron chi connectivity index (χ4n) is 3.22. The molecule has 0 aliphatic rings. The van der Waals surface area contributed by atoms with Crippen molar-refractivity contribution in [2.45, 2.75) is 19.6 Å². The first kappa shape index (κ1) is 20.4. The van der Waals surface area contributed by atoms with Crippen molar-refractivity contribution < 1.29 is 32.2 Å². The maximum absolute atomic E-state index is 13.1. The van der Waals surface area contributed by atoms with Gasteiger partial charge < -0.3 is 14.0 Å². The van der Waals surface area contributed by atoms with Crippen molar-refractivity contribution in [2.24, 2.45) is 0 Å². The Bertz CT molecular complexity index is 1080. The molecule has 3 aromatic rings. The molecule has 3 rings (SSSR count). The first-order valence-electron chi connectivity index (χ1n) is 8.63. The lowest BCUT2D eigenvalue weighted by molar-refractivity contribution is -0.141. The zero-order valence-electron chi connectivity index (χ0n) is 16.0. The Kier molecular flexibility index (Phi) is 5.37. The molecule has 8 heteroatoms. The number of alkyl halides is 3. The molecule has 0 radical (unpaired) electrons. The fraction of sp³-hybridized carbons (Fsp3) is 0.238. The van der Waals surface area contributed by atoms with Gasteiger partial charge >= 0.3 is 12.1 Å². The van der Waals surface area contributed by atoms with Crippen LogP contribution >= 0.6 is 0 Å². The van der Waals surface area contributed by atoms with E-state index in [9.17, 15) is 22.8 Å². The molecule has 0 N–H and O–H groups in total. The van der Waals surface area contributed by atoms with E-state index < -0.39 is 23.5 Å². The van der Waals surface area contributed by atoms with Gasteiger partial charge in [0.25, 0.3) is 0 Å². The van der Waals surface area contributed by atoms with Crippen molar-refractivity contribution in [3.05, 3.63) is 64.8 Å². The molecule has 29 heavy (non-hydrogen) atoms. The zero-order chi connectivity index (χ0) is 21.3. The molecule has 0 amide bonds. The SMILES string of the molecule is COC(=O)Cn1c(C)c(C(=O)c2ccc(C(F)(F)F)cc2)c2ccc(OC)cc21. The standard InChI is InChI=1S/C21H18F3NO4/c1-12-19(20(27)13-4-6-14(7-5-13)21(22,23)24)16-9-8-15(28-2)10-17(16)25(12)11-18(26)29-3/h4-10H,11H2,1-3H3. The molecule has 2 aromatic carbocycles. The third-order valence-electron chi connectivity index (χ3n) is 4.75. The highest BCUT2D eigenvalue weighted by atomic mass is 19.4. The van der Waals surface area contributed by atoms with E-state index in [0.717, 1.165) is 24.3 Å². The third-order valence-corrected chi connectivity index (χ3v) is 4.75. The van der Waals surface area contributed by atoms with Gasteiger partial charge in [0.2, 0.25) is 0 Å². The molecule has 0 aliphatic carbocycles. The van der Waals surface area contributed by atoms with E-state index in [2.05, 4.69) is 0 Å². The van der Waals surface area contributed by atoms with Crippen LogP contribution in [0.2, 0.25) is 0 Å². The highest BCUT2D eigenvalue weighted by Gasteiger charge is 2.30. The van der Waals surface area contributed by atoms with Crippen LogP contribution in [0.5, 0.6) is 5.75 Å². The van der Waals surface area contributed by atoms with Crippen LogP contribution in [0, 0.1) is 6.92 Å². The Morgan fingerprint density at radius 1 is 1.03 bits per heavy atom. The summed E-state index contributed by atoms with van der Waals surface area (Å²) in [5.41, 5.74) is 0.690. The number of fused-ring (bicyclic) bond motifs is 1. The normalized spacial score (nSPS) is 11.5. The molecule has 5 nitrogen and oxygen atoms in total. The number of ether oxygens (including phenoxy) is 2. The number of hydrogen-bond acceptors (Lipinski definition) is 4. The van der Waals surface area contributed by atoms with Crippen molar-refractivity contribution >= 4 is 22.7 Å². The van der Waals surface area contributed by atoms with E-state index >= 15 is 0 Å². The Balaban J connectivity index is 2.14. The van der Waals surface area contributed by atoms with Crippen LogP contribution in [0.15, 0.2) is 42.5 Å². The van der Waals surface area contributed by atoms with Gasteiger partial charge in [-0.1, -0.05) is 12.1 Å². The van der Waals surface area contributed by atoms with Gasteiger partial charge in [-0.15, -0.1) is 0 Å². The van der Waals surface area contributed by atoms with E-state index in [0.29, 0.717) is 27.9 Å². The van der Waals surface area contributed by atoms with Crippen molar-refractivity contribution in [3.63, 3.8) is 0 Å². The summed E-state index contributed by atoms with van der Waals surface area (Å²) in [4.78, 5) is 25.0. The molecule has 152 valence electrons. The van der Waals surface area contributed by atoms with Crippen LogP contribution in [-0.4, -0.2) is 30.5 Å². The molecule has 1 heterocycles. The molecule has 0 spiro atoms. The van der Waals surface area contributed by atoms with Crippen LogP contribution < -0.4 is 4.74 Å². The first-order valence-corrected chi connectivity index (χ1v) is 8.63. The smallest absolute Gasteiger partial charge is 0.416 e. The fourth-order valence-corrected chi connectivity index (χ4v) is 3.22. The van der Waals surface area contributed by atoms with Crippen LogP contribution in [0.1, 0.15) is 27.2 Å². The maximum atomic E-state index is 13.1. The Morgan fingerprint density at radius 2 is 1.69 bits per heavy atom. The molecular formula is C21H18F3NO4. The number of halogens is 3. The van der Waals surface area contributed by atoms with Gasteiger partial charge in [0.1, 0.15) is 12.3 Å². The van der Waals surface area contributed by atoms with Gasteiger partial charge in [-0.2, -0.15) is 13.2 Å². The van der Waals surface area contributed by atoms with E-state index in [1.54, 1.807) is 29.7 Å². The summed E-state index contributed by atoms with van der Waals surface area (Å²) in [6, 6.07) is 9.10. The summed E-state index contributed by atoms with van der Waals surface area (Å²) in [7, 11) is 2.76. The molecule has 0 unspecified atom stereocenters. The van der Waals surface area contributed by atoms with Gasteiger partial charge in [-0.3, -0.25) is 9.59 Å². The van der Waals surface area contributed by atoms with Crippen LogP contribution in [0.4, 0.5) is 13.2 Å². The number of nitrogens with zero attached hydrogens (tertiary/aromatic N) is 1. The van der Waals surface area contributed by atoms with E-state index in [1.807, 2.05) is 0 Å². The minimum absolute atomic E-state index is 0.119. The quantitative estimate of drug-likeness (QED) is 0.467. The van der Waals surface area contributed by atoms with Crippen LogP contribution in [0.3, 0.4) is 0 Å². The van der Waals surface area contributed by atoms with Crippen molar-refractivity contribution in [1.82, 2.24) is 4.57 Å². The molecule has 0 atom stereocenters. The molecule has 1 aromatic heterocycles. The monoisotopic (exact) mass is 405 g/mol. The van der Waals surface area contributed by atoms with Gasteiger partial charge in [-0.05, 0) is 31.2 Å². The number of hydrogen-bond donors (Lipinski definition) is 0. The summed E-state index contributed by atoms with van der Waals surface area (Å²) in [5.74, 6) is -0.397. The predicted octanol–water partition coefficient (Wildman–Crippen LogP) is 4.38.